The molecule has 0 aromatic heterocycles. The van der Waals surface area contributed by atoms with E-state index in [1.54, 1.807) is 14.2 Å². The molecule has 4 nitrogen and oxygen atoms in total. The molecule has 0 fully saturated rings. The quantitative estimate of drug-likeness (QED) is 0.755. The Bertz CT molecular complexity index is 369. The van der Waals surface area contributed by atoms with Crippen LogP contribution in [-0.2, 0) is 11.3 Å². The van der Waals surface area contributed by atoms with E-state index in [-0.39, 0.29) is 0 Å². The van der Waals surface area contributed by atoms with Crippen molar-refractivity contribution in [2.24, 2.45) is 0 Å². The third kappa shape index (κ3) is 3.89. The Hall–Kier alpha value is -1.26. The SMILES string of the molecule is CCN(Cc1cc(N)ccc1OC)C(C)COC. The molecule has 1 aromatic carbocycles. The van der Waals surface area contributed by atoms with Gasteiger partial charge in [-0.25, -0.2) is 0 Å². The van der Waals surface area contributed by atoms with Crippen LogP contribution in [0.3, 0.4) is 0 Å². The predicted molar refractivity (Wildman–Crippen MR) is 74.8 cm³/mol. The molecule has 0 saturated heterocycles. The second-order valence-electron chi connectivity index (χ2n) is 4.44. The van der Waals surface area contributed by atoms with Crippen LogP contribution in [-0.4, -0.2) is 38.3 Å². The van der Waals surface area contributed by atoms with Crippen molar-refractivity contribution in [1.82, 2.24) is 4.90 Å². The highest BCUT2D eigenvalue weighted by Gasteiger charge is 2.14. The number of hydrogen-bond acceptors (Lipinski definition) is 4. The number of anilines is 1. The van der Waals surface area contributed by atoms with Crippen molar-refractivity contribution in [3.63, 3.8) is 0 Å². The van der Waals surface area contributed by atoms with Crippen molar-refractivity contribution in [2.45, 2.75) is 26.4 Å². The van der Waals surface area contributed by atoms with Gasteiger partial charge >= 0.3 is 0 Å². The Balaban J connectivity index is 2.83. The minimum absolute atomic E-state index is 0.367. The van der Waals surface area contributed by atoms with Crippen LogP contribution in [0.15, 0.2) is 18.2 Å². The van der Waals surface area contributed by atoms with Crippen LogP contribution in [0.25, 0.3) is 0 Å². The maximum atomic E-state index is 5.84. The zero-order valence-electron chi connectivity index (χ0n) is 11.8. The summed E-state index contributed by atoms with van der Waals surface area (Å²) in [5.41, 5.74) is 7.71. The molecular formula is C14H24N2O2. The lowest BCUT2D eigenvalue weighted by molar-refractivity contribution is 0.0976. The summed E-state index contributed by atoms with van der Waals surface area (Å²) in [7, 11) is 3.41. The van der Waals surface area contributed by atoms with Crippen LogP contribution in [0.2, 0.25) is 0 Å². The van der Waals surface area contributed by atoms with E-state index >= 15 is 0 Å². The number of nitrogens with two attached hydrogens (primary N) is 1. The van der Waals surface area contributed by atoms with E-state index in [1.807, 2.05) is 18.2 Å². The third-order valence-corrected chi connectivity index (χ3v) is 3.12. The van der Waals surface area contributed by atoms with Gasteiger partial charge in [-0.3, -0.25) is 4.90 Å². The summed E-state index contributed by atoms with van der Waals surface area (Å²) in [6.07, 6.45) is 0. The van der Waals surface area contributed by atoms with E-state index in [4.69, 9.17) is 15.2 Å². The van der Waals surface area contributed by atoms with Crippen LogP contribution in [0.4, 0.5) is 5.69 Å². The summed E-state index contributed by atoms with van der Waals surface area (Å²) in [6, 6.07) is 6.11. The maximum absolute atomic E-state index is 5.84. The lowest BCUT2D eigenvalue weighted by Crippen LogP contribution is -2.35. The molecule has 2 N–H and O–H groups in total. The largest absolute Gasteiger partial charge is 0.496 e. The van der Waals surface area contributed by atoms with E-state index in [0.717, 1.165) is 36.7 Å². The summed E-state index contributed by atoms with van der Waals surface area (Å²) in [5.74, 6) is 0.882. The molecule has 0 bridgehead atoms. The van der Waals surface area contributed by atoms with Crippen molar-refractivity contribution in [2.75, 3.05) is 33.1 Å². The number of nitrogens with zero attached hydrogens (tertiary/aromatic N) is 1. The fourth-order valence-corrected chi connectivity index (χ4v) is 2.07. The molecule has 0 aliphatic heterocycles. The highest BCUT2D eigenvalue weighted by atomic mass is 16.5. The summed E-state index contributed by atoms with van der Waals surface area (Å²) >= 11 is 0. The average Bonchev–Trinajstić information content (AvgIpc) is 2.36. The fourth-order valence-electron chi connectivity index (χ4n) is 2.07. The van der Waals surface area contributed by atoms with Crippen LogP contribution >= 0.6 is 0 Å². The third-order valence-electron chi connectivity index (χ3n) is 3.12. The van der Waals surface area contributed by atoms with Gasteiger partial charge in [0.15, 0.2) is 0 Å². The van der Waals surface area contributed by atoms with Crippen molar-refractivity contribution >= 4 is 5.69 Å². The second-order valence-corrected chi connectivity index (χ2v) is 4.44. The van der Waals surface area contributed by atoms with Gasteiger partial charge in [-0.05, 0) is 31.7 Å². The Labute approximate surface area is 110 Å². The Kier molecular flexibility index (Phi) is 5.95. The second kappa shape index (κ2) is 7.24. The standard InChI is InChI=1S/C14H24N2O2/c1-5-16(11(2)10-17-3)9-12-8-13(15)6-7-14(12)18-4/h6-8,11H,5,9-10,15H2,1-4H3. The minimum atomic E-state index is 0.367. The van der Waals surface area contributed by atoms with Gasteiger partial charge in [0.2, 0.25) is 0 Å². The first kappa shape index (κ1) is 14.8. The highest BCUT2D eigenvalue weighted by Crippen LogP contribution is 2.23. The molecule has 0 aliphatic rings. The number of ether oxygens (including phenoxy) is 2. The molecule has 1 aromatic rings. The smallest absolute Gasteiger partial charge is 0.123 e. The lowest BCUT2D eigenvalue weighted by Gasteiger charge is -2.28. The molecule has 0 spiro atoms. The minimum Gasteiger partial charge on any atom is -0.496 e. The number of rotatable bonds is 7. The monoisotopic (exact) mass is 252 g/mol. The first-order valence-electron chi connectivity index (χ1n) is 6.27. The normalized spacial score (nSPS) is 12.7. The van der Waals surface area contributed by atoms with Gasteiger partial charge in [0.25, 0.3) is 0 Å². The lowest BCUT2D eigenvalue weighted by atomic mass is 10.1. The van der Waals surface area contributed by atoms with Crippen LogP contribution < -0.4 is 10.5 Å². The molecule has 1 unspecified atom stereocenters. The average molecular weight is 252 g/mol. The number of methoxy groups -OCH3 is 2. The predicted octanol–water partition coefficient (Wildman–Crippen LogP) is 2.13. The van der Waals surface area contributed by atoms with Crippen molar-refractivity contribution in [3.8, 4) is 5.75 Å². The van der Waals surface area contributed by atoms with E-state index in [2.05, 4.69) is 18.7 Å². The maximum Gasteiger partial charge on any atom is 0.123 e. The number of hydrogen-bond donors (Lipinski definition) is 1. The Morgan fingerprint density at radius 3 is 2.61 bits per heavy atom. The topological polar surface area (TPSA) is 47.7 Å². The van der Waals surface area contributed by atoms with Gasteiger partial charge in [0.1, 0.15) is 5.75 Å². The molecule has 1 atom stereocenters. The molecular weight excluding hydrogens is 228 g/mol. The van der Waals surface area contributed by atoms with Crippen LogP contribution in [0.5, 0.6) is 5.75 Å². The summed E-state index contributed by atoms with van der Waals surface area (Å²) < 4.78 is 10.6. The first-order chi connectivity index (χ1) is 8.62. The van der Waals surface area contributed by atoms with E-state index in [0.29, 0.717) is 6.04 Å². The van der Waals surface area contributed by atoms with Crippen molar-refractivity contribution < 1.29 is 9.47 Å². The molecule has 102 valence electrons. The van der Waals surface area contributed by atoms with Gasteiger partial charge in [-0.2, -0.15) is 0 Å². The van der Waals surface area contributed by atoms with Gasteiger partial charge in [0.05, 0.1) is 13.7 Å². The van der Waals surface area contributed by atoms with Gasteiger partial charge < -0.3 is 15.2 Å². The number of likely N-dealkylation sites (N-methyl/N-ethyl adjacent to an activating group) is 1. The molecule has 0 heterocycles. The summed E-state index contributed by atoms with van der Waals surface area (Å²) in [6.45, 7) is 6.80. The van der Waals surface area contributed by atoms with Gasteiger partial charge in [-0.15, -0.1) is 0 Å². The van der Waals surface area contributed by atoms with E-state index in [1.165, 1.54) is 0 Å². The zero-order valence-corrected chi connectivity index (χ0v) is 11.8. The van der Waals surface area contributed by atoms with Crippen molar-refractivity contribution in [3.05, 3.63) is 23.8 Å². The summed E-state index contributed by atoms with van der Waals surface area (Å²) in [5, 5.41) is 0. The molecule has 4 heteroatoms. The molecule has 0 aliphatic carbocycles. The Morgan fingerprint density at radius 1 is 1.33 bits per heavy atom. The molecule has 1 rings (SSSR count). The Morgan fingerprint density at radius 2 is 2.06 bits per heavy atom. The molecule has 18 heavy (non-hydrogen) atoms. The van der Waals surface area contributed by atoms with Crippen LogP contribution in [0.1, 0.15) is 19.4 Å². The van der Waals surface area contributed by atoms with Gasteiger partial charge in [0, 0.05) is 30.9 Å². The molecule has 0 radical (unpaired) electrons. The number of benzene rings is 1. The van der Waals surface area contributed by atoms with E-state index in [9.17, 15) is 0 Å². The molecule has 0 saturated carbocycles. The zero-order chi connectivity index (χ0) is 13.5. The summed E-state index contributed by atoms with van der Waals surface area (Å²) in [4.78, 5) is 2.33. The number of nitrogen functional groups attached to an aromatic ring is 1. The van der Waals surface area contributed by atoms with Crippen molar-refractivity contribution in [1.29, 1.82) is 0 Å². The molecule has 0 amide bonds. The highest BCUT2D eigenvalue weighted by molar-refractivity contribution is 5.47. The van der Waals surface area contributed by atoms with Gasteiger partial charge in [-0.1, -0.05) is 6.92 Å². The van der Waals surface area contributed by atoms with E-state index < -0.39 is 0 Å². The van der Waals surface area contributed by atoms with Crippen LogP contribution in [0, 0.1) is 0 Å². The first-order valence-corrected chi connectivity index (χ1v) is 6.27. The fraction of sp³-hybridized carbons (Fsp3) is 0.571.